The van der Waals surface area contributed by atoms with E-state index < -0.39 is 11.7 Å². The molecule has 0 aliphatic heterocycles. The van der Waals surface area contributed by atoms with Gasteiger partial charge in [0.2, 0.25) is 0 Å². The quantitative estimate of drug-likeness (QED) is 0.596. The first-order chi connectivity index (χ1) is 9.10. The number of nitrogens with one attached hydrogen (secondary N) is 2. The van der Waals surface area contributed by atoms with Gasteiger partial charge in [-0.05, 0) is 30.3 Å². The lowest BCUT2D eigenvalue weighted by Gasteiger charge is -2.06. The Hall–Kier alpha value is -2.18. The summed E-state index contributed by atoms with van der Waals surface area (Å²) in [5.74, 6) is 4.25. The van der Waals surface area contributed by atoms with Gasteiger partial charge in [-0.3, -0.25) is 15.6 Å². The molecule has 0 aliphatic carbocycles. The number of amides is 1. The molecule has 4 N–H and O–H groups in total. The van der Waals surface area contributed by atoms with Gasteiger partial charge < -0.3 is 10.7 Å². The third-order valence-electron chi connectivity index (χ3n) is 2.34. The summed E-state index contributed by atoms with van der Waals surface area (Å²) in [5.41, 5.74) is 3.52. The Morgan fingerprint density at radius 3 is 2.74 bits per heavy atom. The molecule has 0 unspecified atom stereocenters. The third-order valence-corrected chi connectivity index (χ3v) is 2.63. The van der Waals surface area contributed by atoms with Crippen LogP contribution in [0, 0.1) is 5.82 Å². The first kappa shape index (κ1) is 13.3. The van der Waals surface area contributed by atoms with Crippen LogP contribution in [0.15, 0.2) is 36.5 Å². The highest BCUT2D eigenvalue weighted by Crippen LogP contribution is 2.20. The van der Waals surface area contributed by atoms with Gasteiger partial charge in [0, 0.05) is 11.9 Å². The van der Waals surface area contributed by atoms with Gasteiger partial charge in [-0.1, -0.05) is 11.6 Å². The molecule has 0 radical (unpaired) electrons. The summed E-state index contributed by atoms with van der Waals surface area (Å²) >= 11 is 5.62. The number of halogens is 2. The van der Waals surface area contributed by atoms with E-state index in [0.29, 0.717) is 11.4 Å². The van der Waals surface area contributed by atoms with Gasteiger partial charge in [0.15, 0.2) is 0 Å². The van der Waals surface area contributed by atoms with Crippen molar-refractivity contribution in [2.45, 2.75) is 0 Å². The highest BCUT2D eigenvalue weighted by molar-refractivity contribution is 6.31. The van der Waals surface area contributed by atoms with E-state index in [4.69, 9.17) is 17.4 Å². The second-order valence-electron chi connectivity index (χ2n) is 3.66. The Balaban J connectivity index is 2.18. The highest BCUT2D eigenvalue weighted by Gasteiger charge is 2.09. The number of benzene rings is 1. The van der Waals surface area contributed by atoms with Crippen LogP contribution in [0.1, 0.15) is 10.5 Å². The van der Waals surface area contributed by atoms with Crippen LogP contribution in [0.4, 0.5) is 15.8 Å². The summed E-state index contributed by atoms with van der Waals surface area (Å²) in [6, 6.07) is 7.00. The number of rotatable bonds is 3. The van der Waals surface area contributed by atoms with Gasteiger partial charge >= 0.3 is 0 Å². The smallest absolute Gasteiger partial charge is 0.274 e. The van der Waals surface area contributed by atoms with E-state index in [0.717, 1.165) is 0 Å². The first-order valence-corrected chi connectivity index (χ1v) is 5.67. The number of carbonyl (C=O) groups excluding carboxylic acids is 1. The topological polar surface area (TPSA) is 80.0 Å². The molecule has 5 nitrogen and oxygen atoms in total. The Labute approximate surface area is 113 Å². The molecular formula is C12H10ClFN4O. The Morgan fingerprint density at radius 2 is 2.05 bits per heavy atom. The normalized spacial score (nSPS) is 10.1. The van der Waals surface area contributed by atoms with Gasteiger partial charge in [0.05, 0.1) is 10.7 Å². The predicted octanol–water partition coefficient (Wildman–Crippen LogP) is 2.41. The molecule has 0 saturated heterocycles. The summed E-state index contributed by atoms with van der Waals surface area (Å²) in [5, 5.41) is 2.49. The van der Waals surface area contributed by atoms with Crippen molar-refractivity contribution >= 4 is 28.9 Å². The molecule has 7 heteroatoms. The molecular weight excluding hydrogens is 271 g/mol. The Bertz CT molecular complexity index is 620. The molecule has 0 fully saturated rings. The van der Waals surface area contributed by atoms with Gasteiger partial charge in [-0.2, -0.15) is 0 Å². The first-order valence-electron chi connectivity index (χ1n) is 5.29. The van der Waals surface area contributed by atoms with E-state index >= 15 is 0 Å². The van der Waals surface area contributed by atoms with Crippen LogP contribution in [0.5, 0.6) is 0 Å². The van der Waals surface area contributed by atoms with E-state index in [-0.39, 0.29) is 10.7 Å². The fraction of sp³-hybridized carbons (Fsp3) is 0. The molecule has 0 bridgehead atoms. The summed E-state index contributed by atoms with van der Waals surface area (Å²) in [4.78, 5) is 15.8. The molecule has 2 rings (SSSR count). The van der Waals surface area contributed by atoms with Crippen molar-refractivity contribution in [1.29, 1.82) is 0 Å². The van der Waals surface area contributed by atoms with Crippen molar-refractivity contribution in [2.75, 3.05) is 10.7 Å². The number of nitrogens with zero attached hydrogens (tertiary/aromatic N) is 1. The second-order valence-corrected chi connectivity index (χ2v) is 4.06. The van der Waals surface area contributed by atoms with Crippen LogP contribution in [0.3, 0.4) is 0 Å². The number of pyridine rings is 1. The lowest BCUT2D eigenvalue weighted by Crippen LogP contribution is -2.15. The fourth-order valence-electron chi connectivity index (χ4n) is 1.41. The van der Waals surface area contributed by atoms with E-state index in [9.17, 15) is 9.18 Å². The highest BCUT2D eigenvalue weighted by atomic mass is 35.5. The zero-order chi connectivity index (χ0) is 13.8. The van der Waals surface area contributed by atoms with Crippen molar-refractivity contribution in [3.05, 3.63) is 53.1 Å². The average molecular weight is 281 g/mol. The molecule has 1 aromatic heterocycles. The van der Waals surface area contributed by atoms with Crippen molar-refractivity contribution in [1.82, 2.24) is 4.98 Å². The van der Waals surface area contributed by atoms with Gasteiger partial charge in [-0.15, -0.1) is 0 Å². The van der Waals surface area contributed by atoms with Crippen LogP contribution in [-0.4, -0.2) is 10.9 Å². The number of hydrazine groups is 1. The van der Waals surface area contributed by atoms with Crippen molar-refractivity contribution in [3.8, 4) is 0 Å². The number of anilines is 2. The van der Waals surface area contributed by atoms with E-state index in [1.807, 2.05) is 0 Å². The zero-order valence-corrected chi connectivity index (χ0v) is 10.4. The monoisotopic (exact) mass is 280 g/mol. The van der Waals surface area contributed by atoms with Crippen molar-refractivity contribution in [3.63, 3.8) is 0 Å². The maximum Gasteiger partial charge on any atom is 0.274 e. The van der Waals surface area contributed by atoms with Crippen LogP contribution in [-0.2, 0) is 0 Å². The second kappa shape index (κ2) is 5.64. The number of aromatic nitrogens is 1. The van der Waals surface area contributed by atoms with E-state index in [2.05, 4.69) is 15.7 Å². The van der Waals surface area contributed by atoms with Crippen LogP contribution < -0.4 is 16.6 Å². The van der Waals surface area contributed by atoms with Crippen LogP contribution in [0.2, 0.25) is 5.02 Å². The average Bonchev–Trinajstić information content (AvgIpc) is 2.43. The maximum absolute atomic E-state index is 13.0. The van der Waals surface area contributed by atoms with Crippen molar-refractivity contribution in [2.24, 2.45) is 5.84 Å². The minimum atomic E-state index is -0.549. The molecule has 98 valence electrons. The zero-order valence-electron chi connectivity index (χ0n) is 9.65. The predicted molar refractivity (Wildman–Crippen MR) is 71.4 cm³/mol. The number of hydrogen-bond donors (Lipinski definition) is 3. The minimum absolute atomic E-state index is 0.0665. The van der Waals surface area contributed by atoms with E-state index in [1.165, 1.54) is 30.5 Å². The lowest BCUT2D eigenvalue weighted by molar-refractivity contribution is 0.102. The molecule has 1 amide bonds. The minimum Gasteiger partial charge on any atom is -0.324 e. The molecule has 0 atom stereocenters. The Kier molecular flexibility index (Phi) is 3.94. The van der Waals surface area contributed by atoms with Gasteiger partial charge in [-0.25, -0.2) is 4.39 Å². The molecule has 19 heavy (non-hydrogen) atoms. The van der Waals surface area contributed by atoms with Crippen LogP contribution in [0.25, 0.3) is 0 Å². The number of nitrogen functional groups attached to an aromatic ring is 1. The summed E-state index contributed by atoms with van der Waals surface area (Å²) in [7, 11) is 0. The molecule has 1 heterocycles. The fourth-order valence-corrected chi connectivity index (χ4v) is 1.59. The molecule has 0 spiro atoms. The van der Waals surface area contributed by atoms with E-state index in [1.54, 1.807) is 6.07 Å². The molecule has 0 saturated carbocycles. The number of hydrogen-bond acceptors (Lipinski definition) is 4. The third kappa shape index (κ3) is 3.18. The summed E-state index contributed by atoms with van der Waals surface area (Å²) in [6.45, 7) is 0. The molecule has 0 aliphatic rings. The largest absolute Gasteiger partial charge is 0.324 e. The van der Waals surface area contributed by atoms with Gasteiger partial charge in [0.1, 0.15) is 11.5 Å². The lowest BCUT2D eigenvalue weighted by atomic mass is 10.2. The van der Waals surface area contributed by atoms with Crippen LogP contribution >= 0.6 is 11.6 Å². The number of carbonyl (C=O) groups is 1. The van der Waals surface area contributed by atoms with Gasteiger partial charge in [0.25, 0.3) is 5.91 Å². The summed E-state index contributed by atoms with van der Waals surface area (Å²) in [6.07, 6.45) is 1.45. The molecule has 2 aromatic rings. The molecule has 1 aromatic carbocycles. The standard InChI is InChI=1S/C12H10ClFN4O/c13-9-5-7(1-2-10(9)14)17-12(19)11-6-8(18-15)3-4-16-11/h1-6H,15H2,(H,16,18)(H,17,19). The maximum atomic E-state index is 13.0. The Morgan fingerprint density at radius 1 is 1.26 bits per heavy atom. The summed E-state index contributed by atoms with van der Waals surface area (Å²) < 4.78 is 13.0. The van der Waals surface area contributed by atoms with Crippen molar-refractivity contribution < 1.29 is 9.18 Å². The SMILES string of the molecule is NNc1ccnc(C(=O)Nc2ccc(F)c(Cl)c2)c1. The number of nitrogens with two attached hydrogens (primary N) is 1.